The molecule has 0 radical (unpaired) electrons. The summed E-state index contributed by atoms with van der Waals surface area (Å²) in [4.78, 5) is 26.5. The van der Waals surface area contributed by atoms with E-state index in [-0.39, 0.29) is 0 Å². The second-order valence-corrected chi connectivity index (χ2v) is 17.6. The Hall–Kier alpha value is -9.19. The Balaban J connectivity index is 1.15. The van der Waals surface area contributed by atoms with Gasteiger partial charge in [-0.1, -0.05) is 158 Å². The van der Waals surface area contributed by atoms with Crippen molar-refractivity contribution in [2.75, 3.05) is 0 Å². The first-order valence-corrected chi connectivity index (χ1v) is 23.0. The first-order valence-electron chi connectivity index (χ1n) is 23.0. The van der Waals surface area contributed by atoms with Crippen molar-refractivity contribution in [2.24, 2.45) is 0 Å². The zero-order chi connectivity index (χ0) is 44.7. The minimum Gasteiger partial charge on any atom is -0.256 e. The van der Waals surface area contributed by atoms with Gasteiger partial charge in [0.15, 0.2) is 17.5 Å². The van der Waals surface area contributed by atoms with Crippen molar-refractivity contribution in [1.82, 2.24) is 24.9 Å². The lowest BCUT2D eigenvalue weighted by Crippen LogP contribution is -2.03. The quantitative estimate of drug-likeness (QED) is 0.161. The SMILES string of the molecule is c1ccc2c(-c3cc(-c4nc(-c5c6ccccc6cc6ncccc56)nc(-c5c6ccccc6cc6ncccc56)n4)cc(-c4c5ccccc5cc5ccccc45)c3)c3ccccc3cc2c1. The van der Waals surface area contributed by atoms with Crippen LogP contribution in [-0.2, 0) is 0 Å². The molecule has 0 amide bonds. The van der Waals surface area contributed by atoms with E-state index in [1.165, 1.54) is 43.1 Å². The summed E-state index contributed by atoms with van der Waals surface area (Å²) < 4.78 is 0. The molecule has 5 heteroatoms. The summed E-state index contributed by atoms with van der Waals surface area (Å²) in [5, 5.41) is 15.6. The molecule has 5 nitrogen and oxygen atoms in total. The smallest absolute Gasteiger partial charge is 0.165 e. The van der Waals surface area contributed by atoms with Crippen LogP contribution in [0.4, 0.5) is 0 Å². The number of benzene rings is 11. The van der Waals surface area contributed by atoms with Crippen molar-refractivity contribution in [2.45, 2.75) is 0 Å². The summed E-state index contributed by atoms with van der Waals surface area (Å²) in [7, 11) is 0. The molecule has 0 spiro atoms. The molecule has 0 saturated heterocycles. The summed E-state index contributed by atoms with van der Waals surface area (Å²) in [6, 6.07) is 75.9. The van der Waals surface area contributed by atoms with E-state index in [1.807, 2.05) is 24.5 Å². The largest absolute Gasteiger partial charge is 0.256 e. The number of nitrogens with zero attached hydrogens (tertiary/aromatic N) is 5. The van der Waals surface area contributed by atoms with Gasteiger partial charge in [-0.25, -0.2) is 15.0 Å². The molecule has 0 unspecified atom stereocenters. The fourth-order valence-electron chi connectivity index (χ4n) is 10.7. The van der Waals surface area contributed by atoms with Gasteiger partial charge < -0.3 is 0 Å². The van der Waals surface area contributed by atoms with Gasteiger partial charge in [0.1, 0.15) is 0 Å². The van der Waals surface area contributed by atoms with Crippen LogP contribution in [0, 0.1) is 0 Å². The van der Waals surface area contributed by atoms with E-state index in [0.717, 1.165) is 82.3 Å². The van der Waals surface area contributed by atoms with Crippen LogP contribution in [-0.4, -0.2) is 24.9 Å². The molecule has 68 heavy (non-hydrogen) atoms. The van der Waals surface area contributed by atoms with E-state index in [0.29, 0.717) is 17.5 Å². The molecule has 0 aliphatic carbocycles. The van der Waals surface area contributed by atoms with Gasteiger partial charge in [-0.15, -0.1) is 0 Å². The number of fused-ring (bicyclic) bond motifs is 8. The highest BCUT2D eigenvalue weighted by Crippen LogP contribution is 2.45. The summed E-state index contributed by atoms with van der Waals surface area (Å²) in [5.41, 5.74) is 8.93. The van der Waals surface area contributed by atoms with Crippen LogP contribution >= 0.6 is 0 Å². The van der Waals surface area contributed by atoms with Gasteiger partial charge in [-0.2, -0.15) is 0 Å². The average molecular weight is 864 g/mol. The molecule has 14 aromatic rings. The van der Waals surface area contributed by atoms with Gasteiger partial charge in [0, 0.05) is 39.9 Å². The standard InChI is InChI=1S/C63H37N5/c1-7-21-47-38(15-1)31-39-16-2-8-22-48(39)57(47)44-33-45(58-49-23-9-3-17-40(49)32-41-18-4-10-24-50(41)58)35-46(34-44)61-66-62(59-51-25-11-5-19-42(51)36-55-53(59)27-13-29-64-55)68-63(67-61)60-52-26-12-6-20-43(52)37-56-54(60)28-14-30-65-56/h1-37H. The summed E-state index contributed by atoms with van der Waals surface area (Å²) in [6.45, 7) is 0. The molecule has 0 aliphatic heterocycles. The van der Waals surface area contributed by atoms with Gasteiger partial charge in [0.25, 0.3) is 0 Å². The van der Waals surface area contributed by atoms with Crippen LogP contribution in [0.3, 0.4) is 0 Å². The molecule has 0 bridgehead atoms. The lowest BCUT2D eigenvalue weighted by atomic mass is 9.87. The molecule has 314 valence electrons. The van der Waals surface area contributed by atoms with E-state index in [4.69, 9.17) is 24.9 Å². The second kappa shape index (κ2) is 15.2. The van der Waals surface area contributed by atoms with Gasteiger partial charge in [-0.3, -0.25) is 9.97 Å². The Morgan fingerprint density at radius 3 is 0.897 bits per heavy atom. The second-order valence-electron chi connectivity index (χ2n) is 17.6. The Bertz CT molecular complexity index is 3630. The minimum atomic E-state index is 0.567. The van der Waals surface area contributed by atoms with E-state index in [1.54, 1.807) is 0 Å². The maximum atomic E-state index is 5.61. The van der Waals surface area contributed by atoms with Crippen LogP contribution < -0.4 is 0 Å². The van der Waals surface area contributed by atoms with Crippen LogP contribution in [0.25, 0.3) is 143 Å². The van der Waals surface area contributed by atoms with Gasteiger partial charge in [0.05, 0.1) is 11.0 Å². The van der Waals surface area contributed by atoms with Crippen molar-refractivity contribution in [1.29, 1.82) is 0 Å². The lowest BCUT2D eigenvalue weighted by Gasteiger charge is -2.18. The molecular formula is C63H37N5. The average Bonchev–Trinajstić information content (AvgIpc) is 3.40. The van der Waals surface area contributed by atoms with Crippen LogP contribution in [0.1, 0.15) is 0 Å². The van der Waals surface area contributed by atoms with Crippen LogP contribution in [0.15, 0.2) is 225 Å². The summed E-state index contributed by atoms with van der Waals surface area (Å²) in [6.07, 6.45) is 3.70. The maximum absolute atomic E-state index is 5.61. The number of aromatic nitrogens is 5. The van der Waals surface area contributed by atoms with Crippen molar-refractivity contribution in [3.63, 3.8) is 0 Å². The zero-order valence-corrected chi connectivity index (χ0v) is 36.6. The Labute approximate surface area is 390 Å². The molecule has 3 aromatic heterocycles. The fourth-order valence-corrected chi connectivity index (χ4v) is 10.7. The van der Waals surface area contributed by atoms with E-state index < -0.39 is 0 Å². The van der Waals surface area contributed by atoms with Gasteiger partial charge in [0.2, 0.25) is 0 Å². The highest BCUT2D eigenvalue weighted by Gasteiger charge is 2.23. The Morgan fingerprint density at radius 1 is 0.221 bits per heavy atom. The predicted octanol–water partition coefficient (Wildman–Crippen LogP) is 16.2. The molecule has 11 aromatic carbocycles. The van der Waals surface area contributed by atoms with E-state index >= 15 is 0 Å². The van der Waals surface area contributed by atoms with E-state index in [9.17, 15) is 0 Å². The van der Waals surface area contributed by atoms with Crippen LogP contribution in [0.5, 0.6) is 0 Å². The topological polar surface area (TPSA) is 64.5 Å². The third kappa shape index (κ3) is 6.06. The Morgan fingerprint density at radius 2 is 0.515 bits per heavy atom. The van der Waals surface area contributed by atoms with Crippen molar-refractivity contribution in [3.05, 3.63) is 225 Å². The predicted molar refractivity (Wildman–Crippen MR) is 283 cm³/mol. The summed E-state index contributed by atoms with van der Waals surface area (Å²) >= 11 is 0. The number of hydrogen-bond donors (Lipinski definition) is 0. The number of pyridine rings is 2. The molecule has 0 saturated carbocycles. The molecule has 0 N–H and O–H groups in total. The molecule has 14 rings (SSSR count). The minimum absolute atomic E-state index is 0.567. The van der Waals surface area contributed by atoms with Crippen molar-refractivity contribution in [3.8, 4) is 56.4 Å². The van der Waals surface area contributed by atoms with Crippen LogP contribution in [0.2, 0.25) is 0 Å². The normalized spacial score (nSPS) is 11.8. The molecule has 3 heterocycles. The highest BCUT2D eigenvalue weighted by atomic mass is 15.0. The third-order valence-corrected chi connectivity index (χ3v) is 13.7. The molecule has 0 aliphatic rings. The molecular weight excluding hydrogens is 827 g/mol. The number of hydrogen-bond acceptors (Lipinski definition) is 5. The Kier molecular flexibility index (Phi) is 8.52. The summed E-state index contributed by atoms with van der Waals surface area (Å²) in [5.74, 6) is 1.71. The lowest BCUT2D eigenvalue weighted by molar-refractivity contribution is 1.08. The maximum Gasteiger partial charge on any atom is 0.165 e. The first kappa shape index (κ1) is 38.1. The fraction of sp³-hybridized carbons (Fsp3) is 0. The first-order chi connectivity index (χ1) is 33.7. The molecule has 0 fully saturated rings. The highest BCUT2D eigenvalue weighted by molar-refractivity contribution is 6.17. The monoisotopic (exact) mass is 863 g/mol. The molecule has 0 atom stereocenters. The van der Waals surface area contributed by atoms with Crippen molar-refractivity contribution < 1.29 is 0 Å². The number of rotatable bonds is 5. The third-order valence-electron chi connectivity index (χ3n) is 13.7. The van der Waals surface area contributed by atoms with Crippen molar-refractivity contribution >= 4 is 86.4 Å². The zero-order valence-electron chi connectivity index (χ0n) is 36.6. The van der Waals surface area contributed by atoms with Gasteiger partial charge >= 0.3 is 0 Å². The van der Waals surface area contributed by atoms with Gasteiger partial charge in [-0.05, 0) is 141 Å². The van der Waals surface area contributed by atoms with E-state index in [2.05, 4.69) is 200 Å².